The van der Waals surface area contributed by atoms with Crippen LogP contribution in [-0.2, 0) is 16.0 Å². The lowest BCUT2D eigenvalue weighted by molar-refractivity contribution is -0.136. The minimum atomic E-state index is -0.884. The summed E-state index contributed by atoms with van der Waals surface area (Å²) in [5.41, 5.74) is 1.79. The number of carbonyl (C=O) groups excluding carboxylic acids is 2. The number of rotatable bonds is 6. The molecule has 106 valence electrons. The third-order valence-corrected chi connectivity index (χ3v) is 4.08. The highest BCUT2D eigenvalue weighted by Crippen LogP contribution is 2.30. The van der Waals surface area contributed by atoms with Gasteiger partial charge in [-0.2, -0.15) is 11.8 Å². The zero-order valence-electron chi connectivity index (χ0n) is 10.4. The molecule has 0 unspecified atom stereocenters. The minimum absolute atomic E-state index is 0.0221. The molecule has 2 rings (SSSR count). The van der Waals surface area contributed by atoms with Crippen LogP contribution in [0.15, 0.2) is 12.1 Å². The van der Waals surface area contributed by atoms with Crippen LogP contribution in [0.2, 0.25) is 5.02 Å². The van der Waals surface area contributed by atoms with Crippen molar-refractivity contribution in [1.29, 1.82) is 0 Å². The molecule has 0 fully saturated rings. The maximum atomic E-state index is 12.0. The van der Waals surface area contributed by atoms with Gasteiger partial charge in [0.05, 0.1) is 23.6 Å². The number of carboxylic acids is 1. The molecule has 0 atom stereocenters. The van der Waals surface area contributed by atoms with Crippen LogP contribution >= 0.6 is 23.4 Å². The van der Waals surface area contributed by atoms with E-state index in [9.17, 15) is 14.4 Å². The summed E-state index contributed by atoms with van der Waals surface area (Å²) < 4.78 is 0. The van der Waals surface area contributed by atoms with E-state index in [1.807, 2.05) is 0 Å². The topological polar surface area (TPSA) is 83.5 Å². The lowest BCUT2D eigenvalue weighted by Gasteiger charge is -2.06. The number of ketones is 1. The van der Waals surface area contributed by atoms with Gasteiger partial charge in [0.15, 0.2) is 5.78 Å². The number of halogens is 1. The smallest absolute Gasteiger partial charge is 0.304 e. The summed E-state index contributed by atoms with van der Waals surface area (Å²) >= 11 is 7.29. The van der Waals surface area contributed by atoms with E-state index >= 15 is 0 Å². The molecule has 1 aliphatic rings. The van der Waals surface area contributed by atoms with E-state index in [2.05, 4.69) is 5.32 Å². The van der Waals surface area contributed by atoms with Crippen molar-refractivity contribution >= 4 is 46.7 Å². The number of fused-ring (bicyclic) bond motifs is 1. The van der Waals surface area contributed by atoms with Crippen molar-refractivity contribution in [3.63, 3.8) is 0 Å². The highest BCUT2D eigenvalue weighted by Gasteiger charge is 2.21. The minimum Gasteiger partial charge on any atom is -0.481 e. The second-order valence-corrected chi connectivity index (χ2v) is 5.85. The average Bonchev–Trinajstić information content (AvgIpc) is 2.72. The van der Waals surface area contributed by atoms with Crippen molar-refractivity contribution < 1.29 is 19.5 Å². The van der Waals surface area contributed by atoms with Crippen LogP contribution in [0.25, 0.3) is 0 Å². The fraction of sp³-hybridized carbons (Fsp3) is 0.308. The van der Waals surface area contributed by atoms with Gasteiger partial charge in [0.1, 0.15) is 0 Å². The fourth-order valence-corrected chi connectivity index (χ4v) is 2.94. The Morgan fingerprint density at radius 1 is 1.40 bits per heavy atom. The molecule has 0 spiro atoms. The van der Waals surface area contributed by atoms with Crippen LogP contribution in [0.5, 0.6) is 0 Å². The van der Waals surface area contributed by atoms with E-state index in [4.69, 9.17) is 16.7 Å². The monoisotopic (exact) mass is 313 g/mol. The van der Waals surface area contributed by atoms with Gasteiger partial charge >= 0.3 is 5.97 Å². The van der Waals surface area contributed by atoms with Crippen LogP contribution in [0.1, 0.15) is 22.3 Å². The van der Waals surface area contributed by atoms with Crippen molar-refractivity contribution in [2.45, 2.75) is 12.8 Å². The molecule has 1 aromatic rings. The van der Waals surface area contributed by atoms with Gasteiger partial charge in [-0.3, -0.25) is 14.4 Å². The Labute approximate surface area is 124 Å². The number of thioether (sulfide) groups is 1. The zero-order chi connectivity index (χ0) is 14.7. The summed E-state index contributed by atoms with van der Waals surface area (Å²) in [6.07, 6.45) is 0.271. The van der Waals surface area contributed by atoms with Gasteiger partial charge in [-0.1, -0.05) is 11.6 Å². The van der Waals surface area contributed by atoms with Crippen molar-refractivity contribution in [2.75, 3.05) is 16.8 Å². The molecule has 0 aromatic heterocycles. The molecule has 0 aliphatic carbocycles. The lowest BCUT2D eigenvalue weighted by atomic mass is 10.1. The average molecular weight is 314 g/mol. The number of carbonyl (C=O) groups is 3. The van der Waals surface area contributed by atoms with Crippen LogP contribution < -0.4 is 5.32 Å². The highest BCUT2D eigenvalue weighted by molar-refractivity contribution is 8.00. The van der Waals surface area contributed by atoms with E-state index < -0.39 is 5.97 Å². The van der Waals surface area contributed by atoms with Crippen molar-refractivity contribution in [1.82, 2.24) is 0 Å². The van der Waals surface area contributed by atoms with Gasteiger partial charge in [0, 0.05) is 17.0 Å². The molecule has 1 heterocycles. The van der Waals surface area contributed by atoms with Crippen LogP contribution in [0.3, 0.4) is 0 Å². The molecule has 0 radical (unpaired) electrons. The number of nitrogens with one attached hydrogen (secondary N) is 1. The summed E-state index contributed by atoms with van der Waals surface area (Å²) in [7, 11) is 0. The first-order valence-corrected chi connectivity index (χ1v) is 7.45. The normalized spacial score (nSPS) is 12.9. The summed E-state index contributed by atoms with van der Waals surface area (Å²) in [6.45, 7) is 0. The molecule has 20 heavy (non-hydrogen) atoms. The predicted octanol–water partition coefficient (Wildman–Crippen LogP) is 2.23. The van der Waals surface area contributed by atoms with Gasteiger partial charge in [0.2, 0.25) is 5.91 Å². The fourth-order valence-electron chi connectivity index (χ4n) is 1.86. The Morgan fingerprint density at radius 3 is 2.85 bits per heavy atom. The lowest BCUT2D eigenvalue weighted by Crippen LogP contribution is -2.06. The summed E-state index contributed by atoms with van der Waals surface area (Å²) in [5.74, 6) is -0.606. The van der Waals surface area contributed by atoms with Crippen LogP contribution in [-0.4, -0.2) is 34.3 Å². The maximum absolute atomic E-state index is 12.0. The van der Waals surface area contributed by atoms with E-state index in [1.54, 1.807) is 12.1 Å². The number of hydrogen-bond donors (Lipinski definition) is 2. The number of hydrogen-bond acceptors (Lipinski definition) is 4. The molecular weight excluding hydrogens is 302 g/mol. The summed E-state index contributed by atoms with van der Waals surface area (Å²) in [6, 6.07) is 3.21. The first kappa shape index (κ1) is 14.9. The highest BCUT2D eigenvalue weighted by atomic mass is 35.5. The molecular formula is C13H12ClNO4S. The van der Waals surface area contributed by atoms with Crippen LogP contribution in [0.4, 0.5) is 5.69 Å². The summed E-state index contributed by atoms with van der Waals surface area (Å²) in [5, 5.41) is 11.5. The van der Waals surface area contributed by atoms with Crippen LogP contribution in [0, 0.1) is 0 Å². The Hall–Kier alpha value is -1.53. The number of amides is 1. The first-order chi connectivity index (χ1) is 9.47. The second kappa shape index (κ2) is 6.28. The van der Waals surface area contributed by atoms with Crippen molar-refractivity contribution in [2.24, 2.45) is 0 Å². The molecule has 1 amide bonds. The van der Waals surface area contributed by atoms with E-state index in [0.29, 0.717) is 22.0 Å². The molecule has 1 aromatic carbocycles. The quantitative estimate of drug-likeness (QED) is 0.621. The molecule has 0 saturated heterocycles. The molecule has 1 aliphatic heterocycles. The largest absolute Gasteiger partial charge is 0.481 e. The summed E-state index contributed by atoms with van der Waals surface area (Å²) in [4.78, 5) is 33.7. The number of anilines is 1. The maximum Gasteiger partial charge on any atom is 0.304 e. The molecule has 7 heteroatoms. The van der Waals surface area contributed by atoms with Gasteiger partial charge in [0.25, 0.3) is 0 Å². The molecule has 0 saturated carbocycles. The van der Waals surface area contributed by atoms with Crippen molar-refractivity contribution in [3.8, 4) is 0 Å². The Bertz CT molecular complexity index is 588. The Morgan fingerprint density at radius 2 is 2.15 bits per heavy atom. The first-order valence-electron chi connectivity index (χ1n) is 5.92. The zero-order valence-corrected chi connectivity index (χ0v) is 12.0. The second-order valence-electron chi connectivity index (χ2n) is 4.33. The number of carboxylic acid groups (broad SMARTS) is 1. The van der Waals surface area contributed by atoms with Gasteiger partial charge < -0.3 is 10.4 Å². The van der Waals surface area contributed by atoms with Gasteiger partial charge in [-0.05, 0) is 17.7 Å². The standard InChI is InChI=1S/C13H12ClNO4S/c14-9-5-10-7(4-12(17)15-10)3-8(9)11(16)6-20-2-1-13(18)19/h3,5H,1-2,4,6H2,(H,15,17)(H,18,19). The Kier molecular flexibility index (Phi) is 4.67. The number of Topliss-reactive ketones (excluding diaryl/α,β-unsaturated/α-hetero) is 1. The number of aliphatic carboxylic acids is 1. The van der Waals surface area contributed by atoms with Gasteiger partial charge in [-0.25, -0.2) is 0 Å². The Balaban J connectivity index is 2.02. The van der Waals surface area contributed by atoms with E-state index in [-0.39, 0.29) is 30.3 Å². The molecule has 5 nitrogen and oxygen atoms in total. The third-order valence-electron chi connectivity index (χ3n) is 2.81. The van der Waals surface area contributed by atoms with Gasteiger partial charge in [-0.15, -0.1) is 0 Å². The molecule has 0 bridgehead atoms. The number of benzene rings is 1. The van der Waals surface area contributed by atoms with E-state index in [0.717, 1.165) is 5.56 Å². The predicted molar refractivity (Wildman–Crippen MR) is 77.7 cm³/mol. The molecule has 2 N–H and O–H groups in total. The van der Waals surface area contributed by atoms with E-state index in [1.165, 1.54) is 11.8 Å². The SMILES string of the molecule is O=C(O)CCSCC(=O)c1cc2c(cc1Cl)NC(=O)C2. The van der Waals surface area contributed by atoms with Crippen molar-refractivity contribution in [3.05, 3.63) is 28.3 Å². The third kappa shape index (κ3) is 3.52.